The second-order valence-corrected chi connectivity index (χ2v) is 10.2. The van der Waals surface area contributed by atoms with Gasteiger partial charge in [-0.1, -0.05) is 47.5 Å². The van der Waals surface area contributed by atoms with E-state index in [-0.39, 0.29) is 0 Å². The lowest BCUT2D eigenvalue weighted by atomic mass is 10.1. The van der Waals surface area contributed by atoms with Crippen LogP contribution in [0.3, 0.4) is 0 Å². The van der Waals surface area contributed by atoms with Crippen LogP contribution in [0.15, 0.2) is 97.1 Å². The summed E-state index contributed by atoms with van der Waals surface area (Å²) in [6, 6.07) is 34.2. The molecule has 0 saturated carbocycles. The van der Waals surface area contributed by atoms with E-state index in [4.69, 9.17) is 0 Å². The van der Waals surface area contributed by atoms with Crippen LogP contribution in [0.25, 0.3) is 20.2 Å². The van der Waals surface area contributed by atoms with Gasteiger partial charge < -0.3 is 4.90 Å². The van der Waals surface area contributed by atoms with Gasteiger partial charge in [0.1, 0.15) is 0 Å². The highest BCUT2D eigenvalue weighted by molar-refractivity contribution is 7.24. The molecule has 0 aliphatic carbocycles. The van der Waals surface area contributed by atoms with E-state index in [9.17, 15) is 4.79 Å². The molecule has 0 aliphatic heterocycles. The molecule has 0 fully saturated rings. The number of anilines is 3. The predicted molar refractivity (Wildman–Crippen MR) is 143 cm³/mol. The van der Waals surface area contributed by atoms with Crippen molar-refractivity contribution in [2.45, 2.75) is 13.8 Å². The van der Waals surface area contributed by atoms with Crippen molar-refractivity contribution < 1.29 is 4.79 Å². The summed E-state index contributed by atoms with van der Waals surface area (Å²) in [5, 5.41) is 0. The molecule has 2 nitrogen and oxygen atoms in total. The maximum Gasteiger partial charge on any atom is 0.160 e. The normalized spacial score (nSPS) is 10.8. The van der Waals surface area contributed by atoms with Crippen LogP contribution in [-0.4, -0.2) is 6.29 Å². The number of hydrogen-bond donors (Lipinski definition) is 0. The van der Waals surface area contributed by atoms with Gasteiger partial charge in [0.15, 0.2) is 6.29 Å². The summed E-state index contributed by atoms with van der Waals surface area (Å²) in [5.74, 6) is 0. The first-order valence-electron chi connectivity index (χ1n) is 10.8. The Bertz CT molecular complexity index is 1330. The number of aryl methyl sites for hydroxylation is 2. The summed E-state index contributed by atoms with van der Waals surface area (Å²) in [5.41, 5.74) is 7.08. The van der Waals surface area contributed by atoms with Crippen molar-refractivity contribution in [3.05, 3.63) is 113 Å². The molecule has 0 atom stereocenters. The SMILES string of the molecule is Cc1ccc(N(c2ccc(C)cc2)c2ccc(-c3ccc(-c4ccc(C=O)s4)s3)cc2)cc1. The Labute approximate surface area is 202 Å². The van der Waals surface area contributed by atoms with E-state index < -0.39 is 0 Å². The molecule has 0 N–H and O–H groups in total. The lowest BCUT2D eigenvalue weighted by Gasteiger charge is -2.26. The zero-order valence-electron chi connectivity index (χ0n) is 18.5. The van der Waals surface area contributed by atoms with Gasteiger partial charge in [0.2, 0.25) is 0 Å². The van der Waals surface area contributed by atoms with Crippen molar-refractivity contribution in [1.82, 2.24) is 0 Å². The van der Waals surface area contributed by atoms with Gasteiger partial charge in [0, 0.05) is 31.7 Å². The first kappa shape index (κ1) is 21.4. The molecule has 5 rings (SSSR count). The van der Waals surface area contributed by atoms with Gasteiger partial charge in [-0.15, -0.1) is 22.7 Å². The van der Waals surface area contributed by atoms with E-state index in [0.29, 0.717) is 0 Å². The van der Waals surface area contributed by atoms with Crippen LogP contribution in [0.4, 0.5) is 17.1 Å². The number of nitrogens with zero attached hydrogens (tertiary/aromatic N) is 1. The Kier molecular flexibility index (Phi) is 5.95. The zero-order chi connectivity index (χ0) is 22.8. The van der Waals surface area contributed by atoms with Gasteiger partial charge in [-0.2, -0.15) is 0 Å². The summed E-state index contributed by atoms with van der Waals surface area (Å²) in [4.78, 5) is 17.6. The number of hydrogen-bond acceptors (Lipinski definition) is 4. The van der Waals surface area contributed by atoms with E-state index in [1.54, 1.807) is 11.3 Å². The molecule has 5 aromatic rings. The van der Waals surface area contributed by atoms with Gasteiger partial charge in [0.25, 0.3) is 0 Å². The Hall–Kier alpha value is -3.47. The van der Waals surface area contributed by atoms with E-state index in [1.165, 1.54) is 37.8 Å². The van der Waals surface area contributed by atoms with Crippen LogP contribution < -0.4 is 4.90 Å². The Morgan fingerprint density at radius 2 is 1.00 bits per heavy atom. The maximum atomic E-state index is 11.0. The van der Waals surface area contributed by atoms with Gasteiger partial charge in [-0.3, -0.25) is 4.79 Å². The minimum atomic E-state index is 0.761. The third-order valence-corrected chi connectivity index (χ3v) is 7.93. The lowest BCUT2D eigenvalue weighted by Crippen LogP contribution is -2.09. The number of thiophene rings is 2. The predicted octanol–water partition coefficient (Wildman–Crippen LogP) is 9.04. The standard InChI is InChI=1S/C29H23NOS2/c1-20-3-9-23(10-4-20)30(24-11-5-21(2)6-12-24)25-13-7-22(8-14-25)27-17-18-29(33-27)28-16-15-26(19-31)32-28/h3-19H,1-2H3. The minimum Gasteiger partial charge on any atom is -0.311 e. The second kappa shape index (κ2) is 9.18. The number of carbonyl (C=O) groups excluding carboxylic acids is 1. The largest absolute Gasteiger partial charge is 0.311 e. The molecule has 0 spiro atoms. The second-order valence-electron chi connectivity index (χ2n) is 8.04. The van der Waals surface area contributed by atoms with Crippen LogP contribution in [0.5, 0.6) is 0 Å². The molecule has 0 amide bonds. The van der Waals surface area contributed by atoms with Crippen molar-refractivity contribution in [2.24, 2.45) is 0 Å². The van der Waals surface area contributed by atoms with Crippen LogP contribution in [0, 0.1) is 13.8 Å². The monoisotopic (exact) mass is 465 g/mol. The Morgan fingerprint density at radius 1 is 0.545 bits per heavy atom. The molecule has 33 heavy (non-hydrogen) atoms. The van der Waals surface area contributed by atoms with Crippen molar-refractivity contribution in [3.8, 4) is 20.2 Å². The fourth-order valence-corrected chi connectivity index (χ4v) is 5.71. The highest BCUT2D eigenvalue weighted by atomic mass is 32.1. The maximum absolute atomic E-state index is 11.0. The third-order valence-electron chi connectivity index (χ3n) is 5.59. The Morgan fingerprint density at radius 3 is 1.52 bits per heavy atom. The number of aldehydes is 1. The van der Waals surface area contributed by atoms with Crippen molar-refractivity contribution >= 4 is 46.0 Å². The molecular formula is C29H23NOS2. The first-order valence-corrected chi connectivity index (χ1v) is 12.4. The number of benzene rings is 3. The molecule has 0 radical (unpaired) electrons. The van der Waals surface area contributed by atoms with Crippen LogP contribution >= 0.6 is 22.7 Å². The quantitative estimate of drug-likeness (QED) is 0.233. The van der Waals surface area contributed by atoms with Gasteiger partial charge in [-0.25, -0.2) is 0 Å². The molecule has 162 valence electrons. The fraction of sp³-hybridized carbons (Fsp3) is 0.0690. The lowest BCUT2D eigenvalue weighted by molar-refractivity contribution is 0.112. The Balaban J connectivity index is 1.47. The molecule has 0 unspecified atom stereocenters. The number of carbonyl (C=O) groups is 1. The van der Waals surface area contributed by atoms with E-state index >= 15 is 0 Å². The summed E-state index contributed by atoms with van der Waals surface area (Å²) in [6.45, 7) is 4.22. The summed E-state index contributed by atoms with van der Waals surface area (Å²) in [7, 11) is 0. The molecule has 0 aliphatic rings. The summed E-state index contributed by atoms with van der Waals surface area (Å²) < 4.78 is 0. The molecule has 3 aromatic carbocycles. The minimum absolute atomic E-state index is 0.761. The van der Waals surface area contributed by atoms with Crippen LogP contribution in [-0.2, 0) is 0 Å². The molecule has 2 heterocycles. The highest BCUT2D eigenvalue weighted by Crippen LogP contribution is 2.39. The van der Waals surface area contributed by atoms with Crippen molar-refractivity contribution in [1.29, 1.82) is 0 Å². The van der Waals surface area contributed by atoms with Crippen molar-refractivity contribution in [3.63, 3.8) is 0 Å². The first-order chi connectivity index (χ1) is 16.1. The highest BCUT2D eigenvalue weighted by Gasteiger charge is 2.13. The summed E-state index contributed by atoms with van der Waals surface area (Å²) >= 11 is 3.29. The topological polar surface area (TPSA) is 20.3 Å². The fourth-order valence-electron chi connectivity index (χ4n) is 3.78. The van der Waals surface area contributed by atoms with Crippen LogP contribution in [0.2, 0.25) is 0 Å². The molecular weight excluding hydrogens is 442 g/mol. The third kappa shape index (κ3) is 4.54. The molecule has 2 aromatic heterocycles. The zero-order valence-corrected chi connectivity index (χ0v) is 20.1. The van der Waals surface area contributed by atoms with Gasteiger partial charge >= 0.3 is 0 Å². The van der Waals surface area contributed by atoms with Crippen molar-refractivity contribution in [2.75, 3.05) is 4.90 Å². The van der Waals surface area contributed by atoms with E-state index in [2.05, 4.69) is 104 Å². The van der Waals surface area contributed by atoms with E-state index in [1.807, 2.05) is 12.1 Å². The van der Waals surface area contributed by atoms with Crippen LogP contribution in [0.1, 0.15) is 20.8 Å². The smallest absolute Gasteiger partial charge is 0.160 e. The van der Waals surface area contributed by atoms with Gasteiger partial charge in [0.05, 0.1) is 4.88 Å². The van der Waals surface area contributed by atoms with E-state index in [0.717, 1.165) is 33.1 Å². The molecule has 0 saturated heterocycles. The van der Waals surface area contributed by atoms with Gasteiger partial charge in [-0.05, 0) is 80.1 Å². The average Bonchev–Trinajstić information content (AvgIpc) is 3.52. The average molecular weight is 466 g/mol. The molecule has 0 bridgehead atoms. The molecule has 4 heteroatoms. The number of rotatable bonds is 6. The summed E-state index contributed by atoms with van der Waals surface area (Å²) in [6.07, 6.45) is 0.912.